The van der Waals surface area contributed by atoms with Crippen molar-refractivity contribution in [2.75, 3.05) is 0 Å². The SMILES string of the molecule is CC1(O)CCCc2c1c(C(=O)O)nn2-c1cccc(Br)c1. The molecule has 6 heteroatoms. The second-order valence-corrected chi connectivity index (χ2v) is 6.41. The van der Waals surface area contributed by atoms with Crippen molar-refractivity contribution in [2.24, 2.45) is 0 Å². The van der Waals surface area contributed by atoms with Crippen LogP contribution in [0.25, 0.3) is 5.69 Å². The number of aliphatic hydroxyl groups is 1. The Kier molecular flexibility index (Phi) is 3.37. The van der Waals surface area contributed by atoms with Crippen LogP contribution in [-0.4, -0.2) is 26.0 Å². The van der Waals surface area contributed by atoms with E-state index in [0.29, 0.717) is 18.4 Å². The average molecular weight is 351 g/mol. The van der Waals surface area contributed by atoms with Gasteiger partial charge in [0.05, 0.1) is 17.0 Å². The maximum Gasteiger partial charge on any atom is 0.356 e. The molecule has 0 aliphatic heterocycles. The van der Waals surface area contributed by atoms with Crippen LogP contribution in [0.1, 0.15) is 41.5 Å². The zero-order valence-electron chi connectivity index (χ0n) is 11.5. The Morgan fingerprint density at radius 2 is 2.24 bits per heavy atom. The molecule has 1 aliphatic carbocycles. The third-order valence-electron chi connectivity index (χ3n) is 3.85. The van der Waals surface area contributed by atoms with E-state index in [1.165, 1.54) is 0 Å². The first-order chi connectivity index (χ1) is 9.90. The summed E-state index contributed by atoms with van der Waals surface area (Å²) in [4.78, 5) is 11.5. The van der Waals surface area contributed by atoms with Crippen LogP contribution in [-0.2, 0) is 12.0 Å². The number of fused-ring (bicyclic) bond motifs is 1. The number of carbonyl (C=O) groups is 1. The molecule has 0 saturated carbocycles. The Hall–Kier alpha value is -1.66. The average Bonchev–Trinajstić information content (AvgIpc) is 2.79. The quantitative estimate of drug-likeness (QED) is 0.873. The Morgan fingerprint density at radius 3 is 2.90 bits per heavy atom. The van der Waals surface area contributed by atoms with Crippen molar-refractivity contribution in [3.8, 4) is 5.69 Å². The second-order valence-electron chi connectivity index (χ2n) is 5.49. The fraction of sp³-hybridized carbons (Fsp3) is 0.333. The molecule has 0 amide bonds. The molecule has 0 bridgehead atoms. The lowest BCUT2D eigenvalue weighted by Crippen LogP contribution is -2.28. The van der Waals surface area contributed by atoms with Crippen LogP contribution in [0.5, 0.6) is 0 Å². The number of aromatic carboxylic acids is 1. The summed E-state index contributed by atoms with van der Waals surface area (Å²) in [6.45, 7) is 1.66. The normalized spacial score (nSPS) is 21.1. The van der Waals surface area contributed by atoms with Crippen LogP contribution in [0.4, 0.5) is 0 Å². The van der Waals surface area contributed by atoms with Crippen molar-refractivity contribution in [2.45, 2.75) is 31.8 Å². The molecule has 3 rings (SSSR count). The van der Waals surface area contributed by atoms with Gasteiger partial charge in [0.15, 0.2) is 5.69 Å². The van der Waals surface area contributed by atoms with E-state index < -0.39 is 11.6 Å². The molecule has 1 atom stereocenters. The van der Waals surface area contributed by atoms with Gasteiger partial charge in [0.2, 0.25) is 0 Å². The van der Waals surface area contributed by atoms with Crippen LogP contribution >= 0.6 is 15.9 Å². The van der Waals surface area contributed by atoms with Crippen LogP contribution < -0.4 is 0 Å². The van der Waals surface area contributed by atoms with Gasteiger partial charge in [-0.25, -0.2) is 9.48 Å². The summed E-state index contributed by atoms with van der Waals surface area (Å²) >= 11 is 3.41. The van der Waals surface area contributed by atoms with Gasteiger partial charge in [-0.3, -0.25) is 0 Å². The Labute approximate surface area is 130 Å². The van der Waals surface area contributed by atoms with Crippen LogP contribution in [0.2, 0.25) is 0 Å². The number of aromatic nitrogens is 2. The van der Waals surface area contributed by atoms with Crippen molar-refractivity contribution in [1.29, 1.82) is 0 Å². The standard InChI is InChI=1S/C15H15BrN2O3/c1-15(21)7-3-6-11-12(15)13(14(19)20)17-18(11)10-5-2-4-9(16)8-10/h2,4-5,8,21H,3,6-7H2,1H3,(H,19,20). The highest BCUT2D eigenvalue weighted by atomic mass is 79.9. The van der Waals surface area contributed by atoms with E-state index in [2.05, 4.69) is 21.0 Å². The van der Waals surface area contributed by atoms with Gasteiger partial charge >= 0.3 is 5.97 Å². The predicted molar refractivity (Wildman–Crippen MR) is 80.7 cm³/mol. The zero-order chi connectivity index (χ0) is 15.2. The number of hydrogen-bond acceptors (Lipinski definition) is 3. The van der Waals surface area contributed by atoms with E-state index in [1.54, 1.807) is 11.6 Å². The van der Waals surface area contributed by atoms with Gasteiger partial charge < -0.3 is 10.2 Å². The molecule has 21 heavy (non-hydrogen) atoms. The number of halogens is 1. The lowest BCUT2D eigenvalue weighted by molar-refractivity contribution is 0.0354. The summed E-state index contributed by atoms with van der Waals surface area (Å²) < 4.78 is 2.53. The van der Waals surface area contributed by atoms with E-state index in [9.17, 15) is 15.0 Å². The third kappa shape index (κ3) is 2.38. The van der Waals surface area contributed by atoms with Gasteiger partial charge in [-0.2, -0.15) is 5.10 Å². The van der Waals surface area contributed by atoms with Crippen LogP contribution in [0, 0.1) is 0 Å². The minimum absolute atomic E-state index is 0.0605. The van der Waals surface area contributed by atoms with Gasteiger partial charge in [0, 0.05) is 10.0 Å². The largest absolute Gasteiger partial charge is 0.476 e. The van der Waals surface area contributed by atoms with Crippen LogP contribution in [0.15, 0.2) is 28.7 Å². The molecule has 1 unspecified atom stereocenters. The van der Waals surface area contributed by atoms with E-state index in [1.807, 2.05) is 24.3 Å². The lowest BCUT2D eigenvalue weighted by Gasteiger charge is -2.29. The molecular formula is C15H15BrN2O3. The molecule has 1 heterocycles. The highest BCUT2D eigenvalue weighted by Crippen LogP contribution is 2.38. The van der Waals surface area contributed by atoms with Crippen LogP contribution in [0.3, 0.4) is 0 Å². The number of hydrogen-bond donors (Lipinski definition) is 2. The van der Waals surface area contributed by atoms with E-state index >= 15 is 0 Å². The summed E-state index contributed by atoms with van der Waals surface area (Å²) in [7, 11) is 0. The van der Waals surface area contributed by atoms with Gasteiger partial charge in [0.1, 0.15) is 0 Å². The molecule has 0 saturated heterocycles. The molecule has 1 aromatic carbocycles. The molecule has 110 valence electrons. The summed E-state index contributed by atoms with van der Waals surface area (Å²) in [5.74, 6) is -1.11. The van der Waals surface area contributed by atoms with Crippen molar-refractivity contribution >= 4 is 21.9 Å². The van der Waals surface area contributed by atoms with Gasteiger partial charge in [-0.1, -0.05) is 22.0 Å². The first-order valence-electron chi connectivity index (χ1n) is 6.74. The number of carboxylic acids is 1. The Morgan fingerprint density at radius 1 is 1.48 bits per heavy atom. The van der Waals surface area contributed by atoms with Crippen molar-refractivity contribution in [3.05, 3.63) is 45.7 Å². The highest BCUT2D eigenvalue weighted by Gasteiger charge is 2.38. The number of nitrogens with zero attached hydrogens (tertiary/aromatic N) is 2. The number of benzene rings is 1. The summed E-state index contributed by atoms with van der Waals surface area (Å²) in [6.07, 6.45) is 2.06. The summed E-state index contributed by atoms with van der Waals surface area (Å²) in [5.41, 5.74) is 0.800. The lowest BCUT2D eigenvalue weighted by atomic mass is 9.82. The minimum Gasteiger partial charge on any atom is -0.476 e. The topological polar surface area (TPSA) is 75.3 Å². The fourth-order valence-corrected chi connectivity index (χ4v) is 3.33. The number of rotatable bonds is 2. The molecule has 2 N–H and O–H groups in total. The van der Waals surface area contributed by atoms with Gasteiger partial charge in [-0.15, -0.1) is 0 Å². The van der Waals surface area contributed by atoms with Gasteiger partial charge in [0.25, 0.3) is 0 Å². The fourth-order valence-electron chi connectivity index (χ4n) is 2.95. The van der Waals surface area contributed by atoms with Crippen molar-refractivity contribution in [1.82, 2.24) is 9.78 Å². The predicted octanol–water partition coefficient (Wildman–Crippen LogP) is 2.88. The van der Waals surface area contributed by atoms with Gasteiger partial charge in [-0.05, 0) is 44.4 Å². The molecule has 0 fully saturated rings. The molecule has 0 radical (unpaired) electrons. The summed E-state index contributed by atoms with van der Waals surface area (Å²) in [5, 5.41) is 24.2. The first kappa shape index (κ1) is 14.3. The minimum atomic E-state index is -1.15. The number of carboxylic acid groups (broad SMARTS) is 1. The second kappa shape index (κ2) is 4.96. The zero-order valence-corrected chi connectivity index (χ0v) is 13.1. The maximum atomic E-state index is 11.5. The van der Waals surface area contributed by atoms with Crippen molar-refractivity contribution in [3.63, 3.8) is 0 Å². The third-order valence-corrected chi connectivity index (χ3v) is 4.35. The first-order valence-corrected chi connectivity index (χ1v) is 7.53. The molecule has 0 spiro atoms. The van der Waals surface area contributed by atoms with E-state index in [-0.39, 0.29) is 5.69 Å². The van der Waals surface area contributed by atoms with Crippen molar-refractivity contribution < 1.29 is 15.0 Å². The van der Waals surface area contributed by atoms with E-state index in [0.717, 1.165) is 22.3 Å². The maximum absolute atomic E-state index is 11.5. The molecule has 2 aromatic rings. The molecule has 5 nitrogen and oxygen atoms in total. The summed E-state index contributed by atoms with van der Waals surface area (Å²) in [6, 6.07) is 7.51. The smallest absolute Gasteiger partial charge is 0.356 e. The Bertz CT molecular complexity index is 722. The molecule has 1 aliphatic rings. The Balaban J connectivity index is 2.26. The van der Waals surface area contributed by atoms with E-state index in [4.69, 9.17) is 0 Å². The molecular weight excluding hydrogens is 336 g/mol. The molecule has 1 aromatic heterocycles. The highest BCUT2D eigenvalue weighted by molar-refractivity contribution is 9.10. The monoisotopic (exact) mass is 350 g/mol.